The molecule has 0 saturated heterocycles. The van der Waals surface area contributed by atoms with Crippen molar-refractivity contribution in [3.63, 3.8) is 0 Å². The quantitative estimate of drug-likeness (QED) is 0.249. The molecule has 0 fully saturated rings. The predicted molar refractivity (Wildman–Crippen MR) is 163 cm³/mol. The van der Waals surface area contributed by atoms with Gasteiger partial charge < -0.3 is 24.8 Å². The van der Waals surface area contributed by atoms with Crippen LogP contribution in [0.3, 0.4) is 0 Å². The van der Waals surface area contributed by atoms with Crippen molar-refractivity contribution >= 4 is 0 Å². The third-order valence-electron chi connectivity index (χ3n) is 7.41. The SMILES string of the molecule is CC(C)(C)c1cc2c([c-]c1-c1ccccc1)Cc1cc(-c3ccccc3)c(C(C)(C)C)cc1-2.[C-]1=CC=CC1.[Cl-].[Cl-].[Zr+4]. The summed E-state index contributed by atoms with van der Waals surface area (Å²) in [6.45, 7) is 13.9. The molecule has 0 heterocycles. The predicted octanol–water partition coefficient (Wildman–Crippen LogP) is 4.30. The first-order valence-corrected chi connectivity index (χ1v) is 13.7. The van der Waals surface area contributed by atoms with Gasteiger partial charge in [0.15, 0.2) is 0 Å². The molecule has 41 heavy (non-hydrogen) atoms. The van der Waals surface area contributed by atoms with E-state index < -0.39 is 0 Å². The first-order valence-electron chi connectivity index (χ1n) is 13.7. The Bertz CT molecular complexity index is 1390. The monoisotopic (exact) mass is 654 g/mol. The van der Waals surface area contributed by atoms with Gasteiger partial charge in [0, 0.05) is 0 Å². The fourth-order valence-electron chi connectivity index (χ4n) is 5.44. The molecular weight excluding hydrogens is 619 g/mol. The third-order valence-corrected chi connectivity index (χ3v) is 7.41. The molecule has 0 saturated carbocycles. The van der Waals surface area contributed by atoms with Crippen LogP contribution >= 0.6 is 0 Å². The first-order chi connectivity index (χ1) is 18.1. The minimum absolute atomic E-state index is 0. The zero-order valence-electron chi connectivity index (χ0n) is 24.9. The Labute approximate surface area is 279 Å². The van der Waals surface area contributed by atoms with Crippen LogP contribution in [0.4, 0.5) is 0 Å². The van der Waals surface area contributed by atoms with Crippen LogP contribution in [-0.2, 0) is 43.5 Å². The summed E-state index contributed by atoms with van der Waals surface area (Å²) >= 11 is 0. The molecule has 4 aromatic rings. The number of hydrogen-bond acceptors (Lipinski definition) is 0. The van der Waals surface area contributed by atoms with Crippen molar-refractivity contribution in [1.82, 2.24) is 0 Å². The molecule has 4 aromatic carbocycles. The van der Waals surface area contributed by atoms with Crippen molar-refractivity contribution < 1.29 is 51.0 Å². The number of hydrogen-bond donors (Lipinski definition) is 0. The minimum atomic E-state index is 0. The van der Waals surface area contributed by atoms with Gasteiger partial charge in [-0.3, -0.25) is 6.08 Å². The summed E-state index contributed by atoms with van der Waals surface area (Å²) in [5.41, 5.74) is 13.5. The van der Waals surface area contributed by atoms with E-state index in [2.05, 4.69) is 139 Å². The Hall–Kier alpha value is -2.18. The van der Waals surface area contributed by atoms with Crippen LogP contribution in [0.15, 0.2) is 97.1 Å². The van der Waals surface area contributed by atoms with Crippen molar-refractivity contribution in [2.24, 2.45) is 0 Å². The zero-order valence-corrected chi connectivity index (χ0v) is 28.9. The summed E-state index contributed by atoms with van der Waals surface area (Å²) < 4.78 is 0. The Morgan fingerprint density at radius 2 is 1.20 bits per heavy atom. The molecule has 208 valence electrons. The topological polar surface area (TPSA) is 0 Å². The molecule has 6 rings (SSSR count). The van der Waals surface area contributed by atoms with Crippen LogP contribution in [0.1, 0.15) is 70.2 Å². The van der Waals surface area contributed by atoms with E-state index in [1.54, 1.807) is 0 Å². The summed E-state index contributed by atoms with van der Waals surface area (Å²) in [5.74, 6) is 0. The van der Waals surface area contributed by atoms with Gasteiger partial charge in [-0.05, 0) is 39.5 Å². The number of allylic oxidation sites excluding steroid dienone is 4. The zero-order chi connectivity index (χ0) is 26.9. The van der Waals surface area contributed by atoms with E-state index in [0.717, 1.165) is 12.8 Å². The van der Waals surface area contributed by atoms with Crippen molar-refractivity contribution in [1.29, 1.82) is 0 Å². The number of halogens is 2. The molecule has 0 aliphatic heterocycles. The van der Waals surface area contributed by atoms with Crippen LogP contribution in [0.25, 0.3) is 33.4 Å². The van der Waals surface area contributed by atoms with Crippen molar-refractivity contribution in [3.8, 4) is 33.4 Å². The van der Waals surface area contributed by atoms with E-state index in [0.29, 0.717) is 0 Å². The van der Waals surface area contributed by atoms with Gasteiger partial charge in [0.2, 0.25) is 0 Å². The summed E-state index contributed by atoms with van der Waals surface area (Å²) in [7, 11) is 0. The summed E-state index contributed by atoms with van der Waals surface area (Å²) in [6, 6.07) is 32.8. The minimum Gasteiger partial charge on any atom is -1.00 e. The Balaban J connectivity index is 0.000000667. The molecule has 2 aliphatic carbocycles. The van der Waals surface area contributed by atoms with Gasteiger partial charge in [-0.2, -0.15) is 6.08 Å². The van der Waals surface area contributed by atoms with Crippen molar-refractivity contribution in [3.05, 3.63) is 131 Å². The van der Waals surface area contributed by atoms with Gasteiger partial charge in [-0.25, -0.2) is 12.2 Å². The van der Waals surface area contributed by atoms with Gasteiger partial charge in [-0.1, -0.05) is 131 Å². The molecule has 0 unspecified atom stereocenters. The van der Waals surface area contributed by atoms with E-state index >= 15 is 0 Å². The maximum absolute atomic E-state index is 3.88. The first kappa shape index (κ1) is 35.0. The van der Waals surface area contributed by atoms with Crippen LogP contribution in [0, 0.1) is 12.1 Å². The van der Waals surface area contributed by atoms with Gasteiger partial charge in [0.1, 0.15) is 0 Å². The molecule has 0 atom stereocenters. The normalized spacial score (nSPS) is 12.6. The Kier molecular flexibility index (Phi) is 12.2. The summed E-state index contributed by atoms with van der Waals surface area (Å²) in [4.78, 5) is 0. The summed E-state index contributed by atoms with van der Waals surface area (Å²) in [6.07, 6.45) is 10.9. The van der Waals surface area contributed by atoms with E-state index in [1.165, 1.54) is 55.6 Å². The molecule has 0 bridgehead atoms. The molecular formula is C38H38Cl2Zr. The maximum Gasteiger partial charge on any atom is 4.00 e. The molecule has 0 amide bonds. The van der Waals surface area contributed by atoms with Gasteiger partial charge >= 0.3 is 26.2 Å². The van der Waals surface area contributed by atoms with Crippen LogP contribution in [0.5, 0.6) is 0 Å². The van der Waals surface area contributed by atoms with Crippen LogP contribution in [0.2, 0.25) is 0 Å². The molecule has 2 aliphatic rings. The third kappa shape index (κ3) is 7.81. The fraction of sp³-hybridized carbons (Fsp3) is 0.263. The molecule has 0 radical (unpaired) electrons. The van der Waals surface area contributed by atoms with Gasteiger partial charge in [-0.15, -0.1) is 35.2 Å². The number of rotatable bonds is 2. The van der Waals surface area contributed by atoms with Gasteiger partial charge in [0.25, 0.3) is 0 Å². The molecule has 3 heteroatoms. The largest absolute Gasteiger partial charge is 4.00 e. The van der Waals surface area contributed by atoms with E-state index in [9.17, 15) is 0 Å². The second-order valence-electron chi connectivity index (χ2n) is 12.4. The van der Waals surface area contributed by atoms with Crippen LogP contribution < -0.4 is 24.8 Å². The van der Waals surface area contributed by atoms with E-state index in [-0.39, 0.29) is 61.8 Å². The Morgan fingerprint density at radius 3 is 1.68 bits per heavy atom. The standard InChI is InChI=1S/C33H33.C5H5.2ClH.Zr/c1-32(2,3)30-20-26-24(18-28(30)22-13-9-7-10-14-22)17-25-19-29(23-15-11-8-12-16-23)31(21-27(25)26)33(4,5)6;1-2-4-5-3-1;;;/h7-16,18,20-21H,17H2,1-6H3;1-3H,4H2;2*1H;/q2*-1;;;+4/p-2. The number of fused-ring (bicyclic) bond motifs is 3. The Morgan fingerprint density at radius 1 is 0.634 bits per heavy atom. The van der Waals surface area contributed by atoms with Crippen molar-refractivity contribution in [2.75, 3.05) is 0 Å². The van der Waals surface area contributed by atoms with Crippen LogP contribution in [-0.4, -0.2) is 0 Å². The van der Waals surface area contributed by atoms with E-state index in [1.807, 2.05) is 12.2 Å². The average molecular weight is 657 g/mol. The fourth-order valence-corrected chi connectivity index (χ4v) is 5.44. The average Bonchev–Trinajstić information content (AvgIpc) is 3.59. The smallest absolute Gasteiger partial charge is 1.00 e. The van der Waals surface area contributed by atoms with E-state index in [4.69, 9.17) is 0 Å². The second kappa shape index (κ2) is 14.3. The molecule has 0 spiro atoms. The van der Waals surface area contributed by atoms with Crippen molar-refractivity contribution in [2.45, 2.75) is 65.2 Å². The number of benzene rings is 4. The van der Waals surface area contributed by atoms with Gasteiger partial charge in [0.05, 0.1) is 0 Å². The molecule has 0 aromatic heterocycles. The maximum atomic E-state index is 3.88. The molecule has 0 nitrogen and oxygen atoms in total. The molecule has 0 N–H and O–H groups in total. The summed E-state index contributed by atoms with van der Waals surface area (Å²) in [5, 5.41) is 0. The second-order valence-corrected chi connectivity index (χ2v) is 12.4.